The minimum atomic E-state index is -0.0786. The van der Waals surface area contributed by atoms with Gasteiger partial charge in [0, 0.05) is 19.1 Å². The first-order valence-corrected chi connectivity index (χ1v) is 8.65. The van der Waals surface area contributed by atoms with Gasteiger partial charge in [0.25, 0.3) is 5.91 Å². The number of rotatable bonds is 6. The van der Waals surface area contributed by atoms with Gasteiger partial charge in [-0.15, -0.1) is 0 Å². The number of ether oxygens (including phenoxy) is 2. The van der Waals surface area contributed by atoms with Crippen molar-refractivity contribution in [3.63, 3.8) is 0 Å². The van der Waals surface area contributed by atoms with Crippen molar-refractivity contribution in [1.82, 2.24) is 5.32 Å². The van der Waals surface area contributed by atoms with Crippen molar-refractivity contribution in [3.05, 3.63) is 23.2 Å². The standard InChI is InChI=1S/C18H27NO4/c1-11(2)16-8-14(12(3)23-16)18(20)19-15-6-7-21-10-17(15)22-9-13-4-5-13/h8,11,13,15,17H,4-7,9-10H2,1-3H3,(H,19,20)/t15-,17-/m1/s1. The van der Waals surface area contributed by atoms with Crippen LogP contribution < -0.4 is 5.32 Å². The molecule has 1 saturated heterocycles. The van der Waals surface area contributed by atoms with Gasteiger partial charge >= 0.3 is 0 Å². The van der Waals surface area contributed by atoms with Crippen LogP contribution in [0.4, 0.5) is 0 Å². The van der Waals surface area contributed by atoms with Crippen molar-refractivity contribution in [3.8, 4) is 0 Å². The lowest BCUT2D eigenvalue weighted by Gasteiger charge is -2.32. The number of carbonyl (C=O) groups is 1. The maximum absolute atomic E-state index is 12.6. The van der Waals surface area contributed by atoms with E-state index in [0.29, 0.717) is 30.5 Å². The lowest BCUT2D eigenvalue weighted by Crippen LogP contribution is -2.50. The van der Waals surface area contributed by atoms with Crippen LogP contribution >= 0.6 is 0 Å². The van der Waals surface area contributed by atoms with E-state index in [0.717, 1.165) is 18.8 Å². The van der Waals surface area contributed by atoms with Crippen molar-refractivity contribution >= 4 is 5.91 Å². The van der Waals surface area contributed by atoms with Crippen LogP contribution in [0.2, 0.25) is 0 Å². The Kier molecular flexibility index (Phi) is 5.07. The minimum Gasteiger partial charge on any atom is -0.465 e. The average Bonchev–Trinajstić information content (AvgIpc) is 3.26. The lowest BCUT2D eigenvalue weighted by atomic mass is 10.0. The highest BCUT2D eigenvalue weighted by molar-refractivity contribution is 5.95. The number of nitrogens with one attached hydrogen (secondary N) is 1. The molecule has 23 heavy (non-hydrogen) atoms. The quantitative estimate of drug-likeness (QED) is 0.875. The van der Waals surface area contributed by atoms with Gasteiger partial charge in [-0.1, -0.05) is 13.8 Å². The zero-order valence-electron chi connectivity index (χ0n) is 14.3. The zero-order chi connectivity index (χ0) is 16.4. The monoisotopic (exact) mass is 321 g/mol. The Balaban J connectivity index is 1.62. The molecule has 0 aromatic carbocycles. The van der Waals surface area contributed by atoms with Crippen LogP contribution in [-0.2, 0) is 9.47 Å². The van der Waals surface area contributed by atoms with Gasteiger partial charge in [0.2, 0.25) is 0 Å². The van der Waals surface area contributed by atoms with Gasteiger partial charge < -0.3 is 19.2 Å². The van der Waals surface area contributed by atoms with Crippen molar-refractivity contribution in [2.75, 3.05) is 19.8 Å². The molecule has 1 N–H and O–H groups in total. The van der Waals surface area contributed by atoms with Gasteiger partial charge in [0.1, 0.15) is 17.6 Å². The predicted octanol–water partition coefficient (Wildman–Crippen LogP) is 3.03. The molecule has 3 rings (SSSR count). The second-order valence-corrected chi connectivity index (χ2v) is 7.03. The van der Waals surface area contributed by atoms with Crippen molar-refractivity contribution < 1.29 is 18.7 Å². The van der Waals surface area contributed by atoms with Crippen molar-refractivity contribution in [2.24, 2.45) is 5.92 Å². The smallest absolute Gasteiger partial charge is 0.255 e. The summed E-state index contributed by atoms with van der Waals surface area (Å²) in [5.74, 6) is 2.42. The fourth-order valence-corrected chi connectivity index (χ4v) is 2.85. The summed E-state index contributed by atoms with van der Waals surface area (Å²) >= 11 is 0. The van der Waals surface area contributed by atoms with E-state index in [2.05, 4.69) is 19.2 Å². The molecular formula is C18H27NO4. The molecule has 5 heteroatoms. The summed E-state index contributed by atoms with van der Waals surface area (Å²) in [6, 6.07) is 1.86. The maximum Gasteiger partial charge on any atom is 0.255 e. The van der Waals surface area contributed by atoms with Gasteiger partial charge in [-0.25, -0.2) is 0 Å². The fourth-order valence-electron chi connectivity index (χ4n) is 2.85. The van der Waals surface area contributed by atoms with E-state index >= 15 is 0 Å². The number of hydrogen-bond acceptors (Lipinski definition) is 4. The summed E-state index contributed by atoms with van der Waals surface area (Å²) < 4.78 is 17.2. The number of hydrogen-bond donors (Lipinski definition) is 1. The molecule has 128 valence electrons. The van der Waals surface area contributed by atoms with Gasteiger partial charge in [0.05, 0.1) is 18.2 Å². The van der Waals surface area contributed by atoms with Crippen LogP contribution in [-0.4, -0.2) is 37.9 Å². The normalized spacial score (nSPS) is 24.9. The Morgan fingerprint density at radius 3 is 2.83 bits per heavy atom. The lowest BCUT2D eigenvalue weighted by molar-refractivity contribution is -0.0697. The molecule has 1 aliphatic heterocycles. The summed E-state index contributed by atoms with van der Waals surface area (Å²) in [5, 5.41) is 3.12. The van der Waals surface area contributed by atoms with E-state index in [1.165, 1.54) is 12.8 Å². The number of carbonyl (C=O) groups excluding carboxylic acids is 1. The topological polar surface area (TPSA) is 60.7 Å². The summed E-state index contributed by atoms with van der Waals surface area (Å²) in [6.45, 7) is 7.95. The van der Waals surface area contributed by atoms with E-state index in [9.17, 15) is 4.79 Å². The van der Waals surface area contributed by atoms with Gasteiger partial charge in [-0.05, 0) is 38.2 Å². The van der Waals surface area contributed by atoms with Crippen LogP contribution in [0.25, 0.3) is 0 Å². The second kappa shape index (κ2) is 7.05. The molecule has 1 saturated carbocycles. The largest absolute Gasteiger partial charge is 0.465 e. The summed E-state index contributed by atoms with van der Waals surface area (Å²) in [4.78, 5) is 12.6. The predicted molar refractivity (Wildman–Crippen MR) is 86.7 cm³/mol. The highest BCUT2D eigenvalue weighted by Crippen LogP contribution is 2.30. The Labute approximate surface area is 137 Å². The van der Waals surface area contributed by atoms with Crippen LogP contribution in [0.15, 0.2) is 10.5 Å². The molecule has 1 aromatic rings. The number of amides is 1. The molecule has 0 spiro atoms. The van der Waals surface area contributed by atoms with Crippen LogP contribution in [0.3, 0.4) is 0 Å². The molecule has 0 unspecified atom stereocenters. The average molecular weight is 321 g/mol. The van der Waals surface area contributed by atoms with Crippen molar-refractivity contribution in [2.45, 2.75) is 58.1 Å². The van der Waals surface area contributed by atoms with Crippen LogP contribution in [0, 0.1) is 12.8 Å². The highest BCUT2D eigenvalue weighted by Gasteiger charge is 2.31. The molecule has 5 nitrogen and oxygen atoms in total. The first-order chi connectivity index (χ1) is 11.0. The van der Waals surface area contributed by atoms with Crippen molar-refractivity contribution in [1.29, 1.82) is 0 Å². The van der Waals surface area contributed by atoms with Gasteiger partial charge in [-0.2, -0.15) is 0 Å². The first kappa shape index (κ1) is 16.5. The van der Waals surface area contributed by atoms with Gasteiger partial charge in [0.15, 0.2) is 0 Å². The molecule has 2 fully saturated rings. The molecule has 2 aliphatic rings. The molecule has 1 aromatic heterocycles. The second-order valence-electron chi connectivity index (χ2n) is 7.03. The Hall–Kier alpha value is -1.33. The minimum absolute atomic E-state index is 0.00630. The number of furan rings is 1. The molecule has 1 aliphatic carbocycles. The first-order valence-electron chi connectivity index (χ1n) is 8.65. The highest BCUT2D eigenvalue weighted by atomic mass is 16.5. The molecular weight excluding hydrogens is 294 g/mol. The number of aryl methyl sites for hydroxylation is 1. The molecule has 1 amide bonds. The van der Waals surface area contributed by atoms with Crippen LogP contribution in [0.1, 0.15) is 60.9 Å². The van der Waals surface area contributed by atoms with E-state index in [4.69, 9.17) is 13.9 Å². The summed E-state index contributed by atoms with van der Waals surface area (Å²) in [6.07, 6.45) is 3.26. The third kappa shape index (κ3) is 4.15. The van der Waals surface area contributed by atoms with E-state index in [1.807, 2.05) is 13.0 Å². The van der Waals surface area contributed by atoms with E-state index < -0.39 is 0 Å². The summed E-state index contributed by atoms with van der Waals surface area (Å²) in [7, 11) is 0. The Bertz CT molecular complexity index is 547. The fraction of sp³-hybridized carbons (Fsp3) is 0.722. The van der Waals surface area contributed by atoms with E-state index in [-0.39, 0.29) is 24.0 Å². The third-order valence-corrected chi connectivity index (χ3v) is 4.61. The Morgan fingerprint density at radius 2 is 2.17 bits per heavy atom. The molecule has 2 atom stereocenters. The zero-order valence-corrected chi connectivity index (χ0v) is 14.3. The maximum atomic E-state index is 12.6. The molecule has 0 bridgehead atoms. The SMILES string of the molecule is Cc1oc(C(C)C)cc1C(=O)N[C@@H]1CCOC[C@H]1OCC1CC1. The molecule has 2 heterocycles. The van der Waals surface area contributed by atoms with E-state index in [1.54, 1.807) is 0 Å². The molecule has 0 radical (unpaired) electrons. The van der Waals surface area contributed by atoms with Gasteiger partial charge in [-0.3, -0.25) is 4.79 Å². The third-order valence-electron chi connectivity index (χ3n) is 4.61. The Morgan fingerprint density at radius 1 is 1.39 bits per heavy atom. The van der Waals surface area contributed by atoms with Crippen LogP contribution in [0.5, 0.6) is 0 Å². The summed E-state index contributed by atoms with van der Waals surface area (Å²) in [5.41, 5.74) is 0.626.